The van der Waals surface area contributed by atoms with Gasteiger partial charge >= 0.3 is 0 Å². The summed E-state index contributed by atoms with van der Waals surface area (Å²) in [5.41, 5.74) is 6.29. The van der Waals surface area contributed by atoms with Gasteiger partial charge in [-0.2, -0.15) is 0 Å². The lowest BCUT2D eigenvalue weighted by molar-refractivity contribution is -0.128. The van der Waals surface area contributed by atoms with Crippen LogP contribution >= 0.6 is 0 Å². The van der Waals surface area contributed by atoms with Crippen molar-refractivity contribution in [3.05, 3.63) is 18.2 Å². The fourth-order valence-electron chi connectivity index (χ4n) is 1.85. The van der Waals surface area contributed by atoms with Gasteiger partial charge in [-0.05, 0) is 31.9 Å². The summed E-state index contributed by atoms with van der Waals surface area (Å²) >= 11 is 0. The first kappa shape index (κ1) is 16.1. The van der Waals surface area contributed by atoms with Gasteiger partial charge in [0.15, 0.2) is 6.10 Å². The van der Waals surface area contributed by atoms with E-state index in [1.165, 1.54) is 0 Å². The van der Waals surface area contributed by atoms with Crippen LogP contribution in [0.25, 0.3) is 0 Å². The number of carbonyl (C=O) groups is 1. The van der Waals surface area contributed by atoms with Crippen LogP contribution in [-0.4, -0.2) is 25.2 Å². The molecule has 0 bridgehead atoms. The highest BCUT2D eigenvalue weighted by molar-refractivity contribution is 5.81. The maximum absolute atomic E-state index is 12.0. The van der Waals surface area contributed by atoms with Gasteiger partial charge in [0.25, 0.3) is 5.91 Å². The number of nitrogens with one attached hydrogen (secondary N) is 1. The molecular formula is C15H24N2O3. The van der Waals surface area contributed by atoms with Gasteiger partial charge in [-0.25, -0.2) is 0 Å². The summed E-state index contributed by atoms with van der Waals surface area (Å²) in [6.07, 6.45) is 1.25. The summed E-state index contributed by atoms with van der Waals surface area (Å²) in [5, 5.41) is 2.95. The molecule has 0 aliphatic rings. The predicted octanol–water partition coefficient (Wildman–Crippen LogP) is 2.35. The number of nitrogens with two attached hydrogens (primary N) is 1. The molecule has 1 unspecified atom stereocenters. The van der Waals surface area contributed by atoms with E-state index in [0.717, 1.165) is 12.8 Å². The van der Waals surface area contributed by atoms with Crippen molar-refractivity contribution in [3.63, 3.8) is 0 Å². The van der Waals surface area contributed by atoms with Crippen LogP contribution in [0.1, 0.15) is 33.6 Å². The number of methoxy groups -OCH3 is 1. The minimum Gasteiger partial charge on any atom is -0.495 e. The average Bonchev–Trinajstić information content (AvgIpc) is 2.44. The Morgan fingerprint density at radius 3 is 2.50 bits per heavy atom. The first-order valence-electron chi connectivity index (χ1n) is 6.92. The number of hydrogen-bond donors (Lipinski definition) is 2. The van der Waals surface area contributed by atoms with Crippen molar-refractivity contribution in [2.75, 3.05) is 12.8 Å². The standard InChI is InChI=1S/C15H24N2O3/c1-5-11(6-2)17-15(18)10(3)20-12-7-8-14(19-4)13(16)9-12/h7-11H,5-6,16H2,1-4H3,(H,17,18). The number of nitrogen functional groups attached to an aromatic ring is 1. The molecule has 20 heavy (non-hydrogen) atoms. The maximum atomic E-state index is 12.0. The summed E-state index contributed by atoms with van der Waals surface area (Å²) in [4.78, 5) is 12.0. The number of rotatable bonds is 7. The third kappa shape index (κ3) is 4.33. The molecule has 1 aromatic rings. The highest BCUT2D eigenvalue weighted by atomic mass is 16.5. The SMILES string of the molecule is CCC(CC)NC(=O)C(C)Oc1ccc(OC)c(N)c1. The lowest BCUT2D eigenvalue weighted by Crippen LogP contribution is -2.42. The largest absolute Gasteiger partial charge is 0.495 e. The molecule has 5 heteroatoms. The Kier molecular flexibility index (Phi) is 6.15. The van der Waals surface area contributed by atoms with Gasteiger partial charge in [0, 0.05) is 12.1 Å². The number of ether oxygens (including phenoxy) is 2. The Hall–Kier alpha value is -1.91. The Labute approximate surface area is 120 Å². The van der Waals surface area contributed by atoms with Gasteiger partial charge in [0.2, 0.25) is 0 Å². The van der Waals surface area contributed by atoms with Crippen LogP contribution in [0.5, 0.6) is 11.5 Å². The lowest BCUT2D eigenvalue weighted by atomic mass is 10.1. The van der Waals surface area contributed by atoms with Gasteiger partial charge in [-0.3, -0.25) is 4.79 Å². The van der Waals surface area contributed by atoms with Crippen molar-refractivity contribution in [3.8, 4) is 11.5 Å². The van der Waals surface area contributed by atoms with Crippen molar-refractivity contribution in [1.29, 1.82) is 0 Å². The highest BCUT2D eigenvalue weighted by Crippen LogP contribution is 2.26. The normalized spacial score (nSPS) is 12.1. The molecule has 112 valence electrons. The van der Waals surface area contributed by atoms with Crippen LogP contribution in [0.2, 0.25) is 0 Å². The minimum absolute atomic E-state index is 0.118. The van der Waals surface area contributed by atoms with Crippen molar-refractivity contribution in [2.24, 2.45) is 0 Å². The van der Waals surface area contributed by atoms with Crippen LogP contribution in [0, 0.1) is 0 Å². The van der Waals surface area contributed by atoms with Crippen LogP contribution in [0.15, 0.2) is 18.2 Å². The molecule has 0 saturated heterocycles. The Morgan fingerprint density at radius 1 is 1.35 bits per heavy atom. The molecule has 3 N–H and O–H groups in total. The molecule has 0 fully saturated rings. The van der Waals surface area contributed by atoms with Crippen LogP contribution in [0.4, 0.5) is 5.69 Å². The van der Waals surface area contributed by atoms with Crippen LogP contribution in [0.3, 0.4) is 0 Å². The molecule has 0 aliphatic heterocycles. The van der Waals surface area contributed by atoms with E-state index < -0.39 is 6.10 Å². The monoisotopic (exact) mass is 280 g/mol. The Morgan fingerprint density at radius 2 is 2.00 bits per heavy atom. The Bertz CT molecular complexity index is 445. The van der Waals surface area contributed by atoms with Crippen molar-refractivity contribution < 1.29 is 14.3 Å². The van der Waals surface area contributed by atoms with Gasteiger partial charge in [0.05, 0.1) is 12.8 Å². The summed E-state index contributed by atoms with van der Waals surface area (Å²) < 4.78 is 10.7. The van der Waals surface area contributed by atoms with E-state index in [4.69, 9.17) is 15.2 Å². The molecule has 0 aromatic heterocycles. The molecule has 5 nitrogen and oxygen atoms in total. The molecule has 0 spiro atoms. The van der Waals surface area contributed by atoms with Gasteiger partial charge < -0.3 is 20.5 Å². The molecule has 0 radical (unpaired) electrons. The molecular weight excluding hydrogens is 256 g/mol. The Balaban J connectivity index is 2.63. The number of amides is 1. The number of hydrogen-bond acceptors (Lipinski definition) is 4. The second kappa shape index (κ2) is 7.62. The molecule has 0 saturated carbocycles. The maximum Gasteiger partial charge on any atom is 0.260 e. The molecule has 1 atom stereocenters. The quantitative estimate of drug-likeness (QED) is 0.752. The zero-order valence-corrected chi connectivity index (χ0v) is 12.6. The summed E-state index contributed by atoms with van der Waals surface area (Å²) in [6, 6.07) is 5.29. The number of benzene rings is 1. The van der Waals surface area contributed by atoms with Crippen LogP contribution in [-0.2, 0) is 4.79 Å². The van der Waals surface area contributed by atoms with E-state index in [-0.39, 0.29) is 11.9 Å². The molecule has 0 aliphatic carbocycles. The number of carbonyl (C=O) groups excluding carboxylic acids is 1. The summed E-state index contributed by atoms with van der Waals surface area (Å²) in [5.74, 6) is 1.02. The second-order valence-electron chi connectivity index (χ2n) is 4.69. The fraction of sp³-hybridized carbons (Fsp3) is 0.533. The van der Waals surface area contributed by atoms with Gasteiger partial charge in [0.1, 0.15) is 11.5 Å². The minimum atomic E-state index is -0.566. The smallest absolute Gasteiger partial charge is 0.260 e. The third-order valence-electron chi connectivity index (χ3n) is 3.22. The fourth-order valence-corrected chi connectivity index (χ4v) is 1.85. The van der Waals surface area contributed by atoms with E-state index >= 15 is 0 Å². The zero-order chi connectivity index (χ0) is 15.1. The topological polar surface area (TPSA) is 73.6 Å². The van der Waals surface area contributed by atoms with Crippen LogP contribution < -0.4 is 20.5 Å². The third-order valence-corrected chi connectivity index (χ3v) is 3.22. The van der Waals surface area contributed by atoms with E-state index in [1.807, 2.05) is 13.8 Å². The van der Waals surface area contributed by atoms with Crippen molar-refractivity contribution in [1.82, 2.24) is 5.32 Å². The molecule has 1 rings (SSSR count). The zero-order valence-electron chi connectivity index (χ0n) is 12.6. The average molecular weight is 280 g/mol. The van der Waals surface area contributed by atoms with Gasteiger partial charge in [-0.15, -0.1) is 0 Å². The molecule has 1 amide bonds. The summed E-state index contributed by atoms with van der Waals surface area (Å²) in [6.45, 7) is 5.81. The van der Waals surface area contributed by atoms with E-state index in [9.17, 15) is 4.79 Å². The first-order chi connectivity index (χ1) is 9.51. The second-order valence-corrected chi connectivity index (χ2v) is 4.69. The molecule has 0 heterocycles. The van der Waals surface area contributed by atoms with E-state index in [1.54, 1.807) is 32.2 Å². The van der Waals surface area contributed by atoms with Crippen molar-refractivity contribution >= 4 is 11.6 Å². The van der Waals surface area contributed by atoms with Crippen molar-refractivity contribution in [2.45, 2.75) is 45.8 Å². The summed E-state index contributed by atoms with van der Waals surface area (Å²) in [7, 11) is 1.55. The molecule has 1 aromatic carbocycles. The van der Waals surface area contributed by atoms with E-state index in [2.05, 4.69) is 5.32 Å². The van der Waals surface area contributed by atoms with Gasteiger partial charge in [-0.1, -0.05) is 13.8 Å². The van der Waals surface area contributed by atoms with E-state index in [0.29, 0.717) is 17.2 Å². The lowest BCUT2D eigenvalue weighted by Gasteiger charge is -2.19. The highest BCUT2D eigenvalue weighted by Gasteiger charge is 2.17. The predicted molar refractivity (Wildman–Crippen MR) is 80.0 cm³/mol. The number of anilines is 1. The first-order valence-corrected chi connectivity index (χ1v) is 6.92.